The minimum Gasteiger partial charge on any atom is -0.458 e. The van der Waals surface area contributed by atoms with Gasteiger partial charge in [-0.1, -0.05) is 0 Å². The van der Waals surface area contributed by atoms with Gasteiger partial charge in [0.1, 0.15) is 0 Å². The zero-order chi connectivity index (χ0) is 10.2. The molecule has 14 heavy (non-hydrogen) atoms. The summed E-state index contributed by atoms with van der Waals surface area (Å²) in [5.41, 5.74) is 0. The Morgan fingerprint density at radius 2 is 2.21 bits per heavy atom. The predicted molar refractivity (Wildman–Crippen MR) is 56.7 cm³/mol. The second kappa shape index (κ2) is 7.09. The Bertz CT molecular complexity index is 171. The summed E-state index contributed by atoms with van der Waals surface area (Å²) < 4.78 is 10.2. The molecule has 0 saturated carbocycles. The van der Waals surface area contributed by atoms with Gasteiger partial charge in [-0.15, -0.1) is 0 Å². The monoisotopic (exact) mass is 219 g/mol. The van der Waals surface area contributed by atoms with Gasteiger partial charge in [-0.25, -0.2) is 4.79 Å². The fraction of sp³-hybridized carbons (Fsp3) is 0.889. The zero-order valence-corrected chi connectivity index (χ0v) is 9.35. The molecule has 0 N–H and O–H groups in total. The Morgan fingerprint density at radius 1 is 1.50 bits per heavy atom. The Kier molecular flexibility index (Phi) is 5.98. The number of carbonyl (C=O) groups excluding carboxylic acids is 1. The summed E-state index contributed by atoms with van der Waals surface area (Å²) in [6.45, 7) is 5.16. The summed E-state index contributed by atoms with van der Waals surface area (Å²) in [4.78, 5) is 13.1. The fourth-order valence-corrected chi connectivity index (χ4v) is 1.53. The number of morpholine rings is 1. The smallest absolute Gasteiger partial charge is 0.367 e. The van der Waals surface area contributed by atoms with E-state index < -0.39 is 0 Å². The molecule has 0 unspecified atom stereocenters. The van der Waals surface area contributed by atoms with E-state index in [1.165, 1.54) is 0 Å². The molecule has 1 rings (SSSR count). The molecule has 0 aromatic heterocycles. The van der Waals surface area contributed by atoms with Crippen LogP contribution in [0.5, 0.6) is 0 Å². The van der Waals surface area contributed by atoms with Crippen molar-refractivity contribution in [1.29, 1.82) is 0 Å². The molecule has 82 valence electrons. The molecule has 1 aliphatic rings. The van der Waals surface area contributed by atoms with Gasteiger partial charge in [0.15, 0.2) is 0 Å². The van der Waals surface area contributed by atoms with E-state index in [9.17, 15) is 4.79 Å². The highest BCUT2D eigenvalue weighted by molar-refractivity contribution is 8.12. The summed E-state index contributed by atoms with van der Waals surface area (Å²) in [5, 5.41) is -0.188. The van der Waals surface area contributed by atoms with Gasteiger partial charge in [-0.05, 0) is 24.4 Å². The van der Waals surface area contributed by atoms with Gasteiger partial charge in [-0.3, -0.25) is 4.90 Å². The molecular weight excluding hydrogens is 202 g/mol. The Labute approximate surface area is 88.9 Å². The molecule has 1 fully saturated rings. The number of hydrogen-bond acceptors (Lipinski definition) is 5. The summed E-state index contributed by atoms with van der Waals surface area (Å²) in [7, 11) is 0. The lowest BCUT2D eigenvalue weighted by atomic mass is 10.3. The molecule has 0 bridgehead atoms. The van der Waals surface area contributed by atoms with Crippen LogP contribution in [-0.4, -0.2) is 55.9 Å². The van der Waals surface area contributed by atoms with Crippen LogP contribution in [0.2, 0.25) is 0 Å². The largest absolute Gasteiger partial charge is 0.458 e. The van der Waals surface area contributed by atoms with Crippen LogP contribution in [0, 0.1) is 0 Å². The number of ether oxygens (including phenoxy) is 2. The molecule has 0 radical (unpaired) electrons. The molecule has 4 nitrogen and oxygen atoms in total. The van der Waals surface area contributed by atoms with Crippen molar-refractivity contribution in [2.45, 2.75) is 6.42 Å². The van der Waals surface area contributed by atoms with Gasteiger partial charge in [0, 0.05) is 19.6 Å². The molecule has 0 amide bonds. The Balaban J connectivity index is 1.94. The van der Waals surface area contributed by atoms with Crippen molar-refractivity contribution in [3.63, 3.8) is 0 Å². The first-order chi connectivity index (χ1) is 6.83. The standard InChI is InChI=1S/C9H17NO3S/c1-14-9(11)13-6-2-3-10-4-7-12-8-5-10/h2-8H2,1H3. The van der Waals surface area contributed by atoms with Crippen LogP contribution < -0.4 is 0 Å². The predicted octanol–water partition coefficient (Wildman–Crippen LogP) is 1.21. The Morgan fingerprint density at radius 3 is 2.86 bits per heavy atom. The molecule has 0 aromatic carbocycles. The normalized spacial score (nSPS) is 18.1. The topological polar surface area (TPSA) is 38.8 Å². The van der Waals surface area contributed by atoms with Crippen LogP contribution in [0.1, 0.15) is 6.42 Å². The van der Waals surface area contributed by atoms with Crippen LogP contribution in [0.3, 0.4) is 0 Å². The maximum Gasteiger partial charge on any atom is 0.367 e. The van der Waals surface area contributed by atoms with Crippen LogP contribution in [-0.2, 0) is 9.47 Å². The third-order valence-electron chi connectivity index (χ3n) is 2.11. The number of thioether (sulfide) groups is 1. The number of hydrogen-bond donors (Lipinski definition) is 0. The van der Waals surface area contributed by atoms with Crippen LogP contribution in [0.15, 0.2) is 0 Å². The van der Waals surface area contributed by atoms with Gasteiger partial charge in [0.2, 0.25) is 0 Å². The summed E-state index contributed by atoms with van der Waals surface area (Å²) in [6, 6.07) is 0. The minimum absolute atomic E-state index is 0.188. The highest BCUT2D eigenvalue weighted by atomic mass is 32.2. The summed E-state index contributed by atoms with van der Waals surface area (Å²) >= 11 is 1.12. The highest BCUT2D eigenvalue weighted by Crippen LogP contribution is 2.01. The maximum absolute atomic E-state index is 10.8. The van der Waals surface area contributed by atoms with Crippen molar-refractivity contribution in [2.24, 2.45) is 0 Å². The quantitative estimate of drug-likeness (QED) is 0.525. The van der Waals surface area contributed by atoms with Crippen molar-refractivity contribution in [2.75, 3.05) is 45.7 Å². The van der Waals surface area contributed by atoms with Gasteiger partial charge in [0.05, 0.1) is 19.8 Å². The molecule has 0 aliphatic carbocycles. The lowest BCUT2D eigenvalue weighted by molar-refractivity contribution is 0.0350. The van der Waals surface area contributed by atoms with Crippen LogP contribution in [0.4, 0.5) is 4.79 Å². The van der Waals surface area contributed by atoms with E-state index in [1.807, 2.05) is 0 Å². The molecule has 0 spiro atoms. The van der Waals surface area contributed by atoms with E-state index in [0.717, 1.165) is 51.0 Å². The van der Waals surface area contributed by atoms with Crippen molar-refractivity contribution in [3.05, 3.63) is 0 Å². The highest BCUT2D eigenvalue weighted by Gasteiger charge is 2.09. The van der Waals surface area contributed by atoms with Crippen LogP contribution >= 0.6 is 11.8 Å². The van der Waals surface area contributed by atoms with E-state index in [2.05, 4.69) is 4.90 Å². The van der Waals surface area contributed by atoms with E-state index >= 15 is 0 Å². The molecule has 1 saturated heterocycles. The van der Waals surface area contributed by atoms with Gasteiger partial charge in [-0.2, -0.15) is 0 Å². The van der Waals surface area contributed by atoms with E-state index in [1.54, 1.807) is 6.26 Å². The first-order valence-electron chi connectivity index (χ1n) is 4.84. The lowest BCUT2D eigenvalue weighted by Crippen LogP contribution is -2.37. The van der Waals surface area contributed by atoms with Crippen molar-refractivity contribution in [3.8, 4) is 0 Å². The third-order valence-corrected chi connectivity index (χ3v) is 2.56. The third kappa shape index (κ3) is 4.83. The SMILES string of the molecule is CSC(=O)OCCCN1CCOCC1. The molecule has 0 aromatic rings. The zero-order valence-electron chi connectivity index (χ0n) is 8.53. The summed E-state index contributed by atoms with van der Waals surface area (Å²) in [5.74, 6) is 0. The Hall–Kier alpha value is -0.260. The average Bonchev–Trinajstić information content (AvgIpc) is 2.25. The molecule has 0 atom stereocenters. The maximum atomic E-state index is 10.8. The first-order valence-corrected chi connectivity index (χ1v) is 6.06. The molecule has 5 heteroatoms. The number of carbonyl (C=O) groups is 1. The second-order valence-corrected chi connectivity index (χ2v) is 3.85. The molecular formula is C9H17NO3S. The van der Waals surface area contributed by atoms with Crippen molar-refractivity contribution < 1.29 is 14.3 Å². The lowest BCUT2D eigenvalue weighted by Gasteiger charge is -2.26. The molecule has 1 aliphatic heterocycles. The minimum atomic E-state index is -0.188. The second-order valence-electron chi connectivity index (χ2n) is 3.11. The molecule has 1 heterocycles. The van der Waals surface area contributed by atoms with Crippen LogP contribution in [0.25, 0.3) is 0 Å². The van der Waals surface area contributed by atoms with Gasteiger partial charge < -0.3 is 9.47 Å². The fourth-order valence-electron chi connectivity index (χ4n) is 1.33. The van der Waals surface area contributed by atoms with Crippen molar-refractivity contribution in [1.82, 2.24) is 4.90 Å². The van der Waals surface area contributed by atoms with E-state index in [4.69, 9.17) is 9.47 Å². The van der Waals surface area contributed by atoms with Crippen molar-refractivity contribution >= 4 is 17.1 Å². The van der Waals surface area contributed by atoms with E-state index in [-0.39, 0.29) is 5.30 Å². The van der Waals surface area contributed by atoms with E-state index in [0.29, 0.717) is 6.61 Å². The summed E-state index contributed by atoms with van der Waals surface area (Å²) in [6.07, 6.45) is 2.64. The number of nitrogens with zero attached hydrogens (tertiary/aromatic N) is 1. The van der Waals surface area contributed by atoms with Gasteiger partial charge in [0.25, 0.3) is 0 Å². The average molecular weight is 219 g/mol. The first kappa shape index (κ1) is 11.8. The number of rotatable bonds is 4. The van der Waals surface area contributed by atoms with Gasteiger partial charge >= 0.3 is 5.30 Å².